The number of nitrogens with zero attached hydrogens (tertiary/aromatic N) is 1. The molecule has 6 nitrogen and oxygen atoms in total. The average molecular weight is 444 g/mol. The van der Waals surface area contributed by atoms with E-state index in [1.165, 1.54) is 46.6 Å². The van der Waals surface area contributed by atoms with Gasteiger partial charge in [0.05, 0.1) is 11.4 Å². The van der Waals surface area contributed by atoms with Crippen molar-refractivity contribution in [3.8, 4) is 0 Å². The molecular formula is C23H26FN3O3S. The monoisotopic (exact) mass is 443 g/mol. The number of halogens is 1. The van der Waals surface area contributed by atoms with Gasteiger partial charge in [0, 0.05) is 12.6 Å². The highest BCUT2D eigenvalue weighted by Gasteiger charge is 2.32. The molecular weight excluding hydrogens is 417 g/mol. The van der Waals surface area contributed by atoms with Crippen molar-refractivity contribution in [1.29, 1.82) is 0 Å². The minimum absolute atomic E-state index is 0.0645. The maximum absolute atomic E-state index is 13.5. The number of carbonyl (C=O) groups excluding carboxylic acids is 3. The summed E-state index contributed by atoms with van der Waals surface area (Å²) >= 11 is 1.28. The molecule has 2 aromatic rings. The van der Waals surface area contributed by atoms with Gasteiger partial charge in [-0.15, -0.1) is 17.9 Å². The van der Waals surface area contributed by atoms with E-state index in [-0.39, 0.29) is 30.9 Å². The fourth-order valence-electron chi connectivity index (χ4n) is 3.71. The van der Waals surface area contributed by atoms with Crippen LogP contribution in [0.25, 0.3) is 0 Å². The van der Waals surface area contributed by atoms with Crippen LogP contribution >= 0.6 is 11.3 Å². The van der Waals surface area contributed by atoms with E-state index in [9.17, 15) is 18.8 Å². The maximum atomic E-state index is 13.5. The lowest BCUT2D eigenvalue weighted by Crippen LogP contribution is -2.48. The Morgan fingerprint density at radius 1 is 1.19 bits per heavy atom. The number of hydrogen-bond donors (Lipinski definition) is 2. The molecule has 3 rings (SSSR count). The molecule has 1 atom stereocenters. The molecule has 0 spiro atoms. The van der Waals surface area contributed by atoms with Crippen LogP contribution in [0.5, 0.6) is 0 Å². The summed E-state index contributed by atoms with van der Waals surface area (Å²) in [4.78, 5) is 40.3. The van der Waals surface area contributed by atoms with Crippen molar-refractivity contribution in [2.24, 2.45) is 0 Å². The van der Waals surface area contributed by atoms with E-state index < -0.39 is 17.8 Å². The van der Waals surface area contributed by atoms with E-state index in [2.05, 4.69) is 17.2 Å². The van der Waals surface area contributed by atoms with Gasteiger partial charge in [-0.25, -0.2) is 4.39 Å². The zero-order valence-corrected chi connectivity index (χ0v) is 18.0. The molecule has 2 N–H and O–H groups in total. The van der Waals surface area contributed by atoms with Crippen LogP contribution in [0.2, 0.25) is 0 Å². The fraction of sp³-hybridized carbons (Fsp3) is 0.348. The summed E-state index contributed by atoms with van der Waals surface area (Å²) in [5.74, 6) is -1.53. The molecule has 1 aromatic carbocycles. The Morgan fingerprint density at radius 3 is 2.52 bits per heavy atom. The van der Waals surface area contributed by atoms with Gasteiger partial charge in [0.2, 0.25) is 11.8 Å². The summed E-state index contributed by atoms with van der Waals surface area (Å²) in [5, 5.41) is 7.41. The van der Waals surface area contributed by atoms with E-state index in [0.29, 0.717) is 10.4 Å². The Balaban J connectivity index is 1.80. The molecule has 164 valence electrons. The standard InChI is InChI=1S/C23H26FN3O3S/c1-2-13-27(20(28)15-25-22(29)19-8-5-14-31-19)21(16-9-11-17(24)12-10-16)23(30)26-18-6-3-4-7-18/h2,5,8-12,14,18,21H,1,3-4,6-7,13,15H2,(H,25,29)(H,26,30)/t21-/m0/s1. The molecule has 0 unspecified atom stereocenters. The third-order valence-electron chi connectivity index (χ3n) is 5.24. The van der Waals surface area contributed by atoms with Crippen molar-refractivity contribution in [2.75, 3.05) is 13.1 Å². The van der Waals surface area contributed by atoms with E-state index in [1.807, 2.05) is 0 Å². The summed E-state index contributed by atoms with van der Waals surface area (Å²) in [5.41, 5.74) is 0.497. The van der Waals surface area contributed by atoms with Crippen molar-refractivity contribution >= 4 is 29.1 Å². The second-order valence-electron chi connectivity index (χ2n) is 7.44. The number of amides is 3. The summed E-state index contributed by atoms with van der Waals surface area (Å²) in [6, 6.07) is 8.07. The van der Waals surface area contributed by atoms with Crippen LogP contribution in [-0.4, -0.2) is 41.8 Å². The number of thiophene rings is 1. The van der Waals surface area contributed by atoms with Gasteiger partial charge < -0.3 is 15.5 Å². The SMILES string of the molecule is C=CCN(C(=O)CNC(=O)c1cccs1)[C@H](C(=O)NC1CCCC1)c1ccc(F)cc1. The van der Waals surface area contributed by atoms with Crippen molar-refractivity contribution in [3.05, 3.63) is 70.7 Å². The first-order chi connectivity index (χ1) is 15.0. The van der Waals surface area contributed by atoms with Gasteiger partial charge >= 0.3 is 0 Å². The van der Waals surface area contributed by atoms with E-state index in [0.717, 1.165) is 25.7 Å². The van der Waals surface area contributed by atoms with Gasteiger partial charge in [-0.3, -0.25) is 14.4 Å². The maximum Gasteiger partial charge on any atom is 0.261 e. The first-order valence-corrected chi connectivity index (χ1v) is 11.2. The molecule has 3 amide bonds. The topological polar surface area (TPSA) is 78.5 Å². The molecule has 0 radical (unpaired) electrons. The molecule has 1 heterocycles. The minimum Gasteiger partial charge on any atom is -0.351 e. The Hall–Kier alpha value is -3.00. The first kappa shape index (κ1) is 22.7. The fourth-order valence-corrected chi connectivity index (χ4v) is 4.35. The molecule has 0 aliphatic heterocycles. The molecule has 1 fully saturated rings. The molecule has 31 heavy (non-hydrogen) atoms. The largest absolute Gasteiger partial charge is 0.351 e. The highest BCUT2D eigenvalue weighted by Crippen LogP contribution is 2.24. The third kappa shape index (κ3) is 6.01. The van der Waals surface area contributed by atoms with Gasteiger partial charge in [-0.2, -0.15) is 0 Å². The second-order valence-corrected chi connectivity index (χ2v) is 8.39. The van der Waals surface area contributed by atoms with E-state index in [4.69, 9.17) is 0 Å². The Morgan fingerprint density at radius 2 is 1.90 bits per heavy atom. The lowest BCUT2D eigenvalue weighted by Gasteiger charge is -2.31. The zero-order valence-electron chi connectivity index (χ0n) is 17.2. The number of carbonyl (C=O) groups is 3. The lowest BCUT2D eigenvalue weighted by atomic mass is 10.0. The lowest BCUT2D eigenvalue weighted by molar-refractivity contribution is -0.139. The van der Waals surface area contributed by atoms with Crippen LogP contribution in [0.4, 0.5) is 4.39 Å². The predicted octanol–water partition coefficient (Wildman–Crippen LogP) is 3.43. The van der Waals surface area contributed by atoms with Crippen LogP contribution in [-0.2, 0) is 9.59 Å². The Labute approximate surface area is 185 Å². The van der Waals surface area contributed by atoms with Crippen LogP contribution in [0.15, 0.2) is 54.4 Å². The highest BCUT2D eigenvalue weighted by atomic mass is 32.1. The Bertz CT molecular complexity index is 909. The number of nitrogens with one attached hydrogen (secondary N) is 2. The molecule has 8 heteroatoms. The summed E-state index contributed by atoms with van der Waals surface area (Å²) in [7, 11) is 0. The summed E-state index contributed by atoms with van der Waals surface area (Å²) < 4.78 is 13.5. The van der Waals surface area contributed by atoms with E-state index >= 15 is 0 Å². The smallest absolute Gasteiger partial charge is 0.261 e. The summed E-state index contributed by atoms with van der Waals surface area (Å²) in [6.45, 7) is 3.54. The first-order valence-electron chi connectivity index (χ1n) is 10.3. The number of hydrogen-bond acceptors (Lipinski definition) is 4. The predicted molar refractivity (Wildman–Crippen MR) is 118 cm³/mol. The van der Waals surface area contributed by atoms with Gasteiger partial charge in [0.1, 0.15) is 11.9 Å². The quantitative estimate of drug-likeness (QED) is 0.583. The zero-order chi connectivity index (χ0) is 22.2. The molecule has 0 saturated heterocycles. The molecule has 0 bridgehead atoms. The van der Waals surface area contributed by atoms with Gasteiger partial charge in [-0.05, 0) is 42.0 Å². The molecule has 1 saturated carbocycles. The summed E-state index contributed by atoms with van der Waals surface area (Å²) in [6.07, 6.45) is 5.42. The van der Waals surface area contributed by atoms with Crippen LogP contribution in [0, 0.1) is 5.82 Å². The average Bonchev–Trinajstić information content (AvgIpc) is 3.47. The van der Waals surface area contributed by atoms with Crippen molar-refractivity contribution in [3.63, 3.8) is 0 Å². The Kier molecular flexibility index (Phi) is 7.94. The minimum atomic E-state index is -0.953. The van der Waals surface area contributed by atoms with Gasteiger partial charge in [0.25, 0.3) is 5.91 Å². The van der Waals surface area contributed by atoms with Crippen LogP contribution < -0.4 is 10.6 Å². The number of rotatable bonds is 9. The second kappa shape index (κ2) is 10.9. The van der Waals surface area contributed by atoms with Crippen molar-refractivity contribution in [1.82, 2.24) is 15.5 Å². The van der Waals surface area contributed by atoms with Crippen molar-refractivity contribution < 1.29 is 18.8 Å². The molecule has 1 aromatic heterocycles. The molecule has 1 aliphatic carbocycles. The van der Waals surface area contributed by atoms with Gasteiger partial charge in [-0.1, -0.05) is 37.1 Å². The van der Waals surface area contributed by atoms with Crippen LogP contribution in [0.1, 0.15) is 47.0 Å². The van der Waals surface area contributed by atoms with Gasteiger partial charge in [0.15, 0.2) is 0 Å². The normalized spacial score (nSPS) is 14.6. The molecule has 1 aliphatic rings. The van der Waals surface area contributed by atoms with Crippen LogP contribution in [0.3, 0.4) is 0 Å². The number of benzene rings is 1. The van der Waals surface area contributed by atoms with E-state index in [1.54, 1.807) is 17.5 Å². The van der Waals surface area contributed by atoms with Crippen molar-refractivity contribution in [2.45, 2.75) is 37.8 Å². The third-order valence-corrected chi connectivity index (χ3v) is 6.11. The highest BCUT2D eigenvalue weighted by molar-refractivity contribution is 7.12.